The zero-order valence-corrected chi connectivity index (χ0v) is 17.9. The number of nitrogens with one attached hydrogen (secondary N) is 2. The van der Waals surface area contributed by atoms with Crippen molar-refractivity contribution in [3.05, 3.63) is 58.6 Å². The Labute approximate surface area is 182 Å². The number of hydrogen-bond acceptors (Lipinski definition) is 6. The maximum absolute atomic E-state index is 11.9. The number of carbonyl (C=O) groups excluding carboxylic acids is 4. The number of halogens is 1. The van der Waals surface area contributed by atoms with Crippen molar-refractivity contribution in [3.63, 3.8) is 0 Å². The van der Waals surface area contributed by atoms with Crippen LogP contribution in [-0.4, -0.2) is 37.0 Å². The highest BCUT2D eigenvalue weighted by molar-refractivity contribution is 9.10. The first-order chi connectivity index (χ1) is 14.4. The highest BCUT2D eigenvalue weighted by Crippen LogP contribution is 2.14. The molecule has 0 unspecified atom stereocenters. The van der Waals surface area contributed by atoms with E-state index in [1.807, 2.05) is 0 Å². The van der Waals surface area contributed by atoms with Gasteiger partial charge in [-0.2, -0.15) is 0 Å². The van der Waals surface area contributed by atoms with Gasteiger partial charge in [0, 0.05) is 22.3 Å². The minimum Gasteiger partial charge on any atom is -0.462 e. The molecule has 9 heteroatoms. The highest BCUT2D eigenvalue weighted by Gasteiger charge is 2.12. The Hall–Kier alpha value is -3.20. The van der Waals surface area contributed by atoms with Crippen molar-refractivity contribution >= 4 is 51.1 Å². The first-order valence-corrected chi connectivity index (χ1v) is 9.94. The minimum atomic E-state index is -0.659. The van der Waals surface area contributed by atoms with Gasteiger partial charge in [0.25, 0.3) is 5.91 Å². The molecule has 0 saturated carbocycles. The molecule has 0 aliphatic rings. The summed E-state index contributed by atoms with van der Waals surface area (Å²) >= 11 is 3.30. The fourth-order valence-electron chi connectivity index (χ4n) is 2.29. The first kappa shape index (κ1) is 23.1. The Kier molecular flexibility index (Phi) is 9.02. The molecule has 2 N–H and O–H groups in total. The third-order valence-electron chi connectivity index (χ3n) is 3.73. The zero-order chi connectivity index (χ0) is 21.9. The average molecular weight is 477 g/mol. The normalized spacial score (nSPS) is 10.1. The Morgan fingerprint density at radius 2 is 1.37 bits per heavy atom. The van der Waals surface area contributed by atoms with Crippen LogP contribution in [0, 0.1) is 0 Å². The third kappa shape index (κ3) is 8.04. The van der Waals surface area contributed by atoms with Gasteiger partial charge in [0.15, 0.2) is 6.61 Å². The molecule has 0 bridgehead atoms. The van der Waals surface area contributed by atoms with E-state index in [-0.39, 0.29) is 25.4 Å². The molecule has 0 aliphatic heterocycles. The van der Waals surface area contributed by atoms with Gasteiger partial charge in [-0.3, -0.25) is 14.4 Å². The van der Waals surface area contributed by atoms with Crippen molar-refractivity contribution in [1.29, 1.82) is 0 Å². The molecule has 2 amide bonds. The van der Waals surface area contributed by atoms with Crippen molar-refractivity contribution in [2.45, 2.75) is 19.8 Å². The molecular formula is C21H21BrN2O6. The zero-order valence-electron chi connectivity index (χ0n) is 16.3. The molecular weight excluding hydrogens is 456 g/mol. The van der Waals surface area contributed by atoms with Crippen molar-refractivity contribution in [2.75, 3.05) is 23.8 Å². The molecule has 0 radical (unpaired) electrons. The summed E-state index contributed by atoms with van der Waals surface area (Å²) in [5.74, 6) is -1.98. The maximum Gasteiger partial charge on any atom is 0.338 e. The molecule has 2 aromatic rings. The van der Waals surface area contributed by atoms with E-state index >= 15 is 0 Å². The second-order valence-corrected chi connectivity index (χ2v) is 6.98. The first-order valence-electron chi connectivity index (χ1n) is 9.15. The average Bonchev–Trinajstić information content (AvgIpc) is 2.73. The van der Waals surface area contributed by atoms with Crippen LogP contribution in [0.2, 0.25) is 0 Å². The number of ether oxygens (including phenoxy) is 2. The predicted molar refractivity (Wildman–Crippen MR) is 114 cm³/mol. The fourth-order valence-corrected chi connectivity index (χ4v) is 2.56. The van der Waals surface area contributed by atoms with Gasteiger partial charge in [0.2, 0.25) is 5.91 Å². The van der Waals surface area contributed by atoms with Crippen LogP contribution in [0.4, 0.5) is 11.4 Å². The van der Waals surface area contributed by atoms with E-state index in [9.17, 15) is 19.2 Å². The van der Waals surface area contributed by atoms with Crippen molar-refractivity contribution in [2.24, 2.45) is 0 Å². The quantitative estimate of drug-likeness (QED) is 0.535. The van der Waals surface area contributed by atoms with E-state index in [1.54, 1.807) is 43.3 Å². The Morgan fingerprint density at radius 1 is 0.800 bits per heavy atom. The lowest BCUT2D eigenvalue weighted by Crippen LogP contribution is -2.21. The number of hydrogen-bond donors (Lipinski definition) is 2. The molecule has 0 heterocycles. The van der Waals surface area contributed by atoms with Crippen LogP contribution in [-0.2, 0) is 23.9 Å². The highest BCUT2D eigenvalue weighted by atomic mass is 79.9. The van der Waals surface area contributed by atoms with Crippen LogP contribution in [0.5, 0.6) is 0 Å². The Bertz CT molecular complexity index is 897. The molecule has 158 valence electrons. The van der Waals surface area contributed by atoms with Crippen LogP contribution in [0.1, 0.15) is 30.1 Å². The lowest BCUT2D eigenvalue weighted by Gasteiger charge is -2.08. The standard InChI is InChI=1S/C21H21BrN2O6/c1-2-29-21(28)14-3-7-16(8-4-14)24-19(26)13-30-20(27)12-11-18(25)23-17-9-5-15(22)6-10-17/h3-10H,2,11-13H2,1H3,(H,23,25)(H,24,26). The molecule has 2 aromatic carbocycles. The SMILES string of the molecule is CCOC(=O)c1ccc(NC(=O)COC(=O)CCC(=O)Nc2ccc(Br)cc2)cc1. The van der Waals surface area contributed by atoms with E-state index in [1.165, 1.54) is 12.1 Å². The Morgan fingerprint density at radius 3 is 1.97 bits per heavy atom. The smallest absolute Gasteiger partial charge is 0.338 e. The molecule has 0 aliphatic carbocycles. The van der Waals surface area contributed by atoms with Crippen LogP contribution in [0.15, 0.2) is 53.0 Å². The fraction of sp³-hybridized carbons (Fsp3) is 0.238. The minimum absolute atomic E-state index is 0.0637. The van der Waals surface area contributed by atoms with Gasteiger partial charge in [-0.1, -0.05) is 15.9 Å². The van der Waals surface area contributed by atoms with E-state index in [0.29, 0.717) is 16.9 Å². The van der Waals surface area contributed by atoms with Crippen molar-refractivity contribution < 1.29 is 28.7 Å². The number of amides is 2. The third-order valence-corrected chi connectivity index (χ3v) is 4.26. The van der Waals surface area contributed by atoms with E-state index in [4.69, 9.17) is 9.47 Å². The summed E-state index contributed by atoms with van der Waals surface area (Å²) in [5.41, 5.74) is 1.42. The molecule has 30 heavy (non-hydrogen) atoms. The summed E-state index contributed by atoms with van der Waals surface area (Å²) in [6, 6.07) is 13.1. The Balaban J connectivity index is 1.68. The maximum atomic E-state index is 11.9. The number of anilines is 2. The van der Waals surface area contributed by atoms with E-state index < -0.39 is 24.5 Å². The van der Waals surface area contributed by atoms with Gasteiger partial charge in [-0.25, -0.2) is 4.79 Å². The number of rotatable bonds is 9. The topological polar surface area (TPSA) is 111 Å². The summed E-state index contributed by atoms with van der Waals surface area (Å²) < 4.78 is 10.6. The molecule has 8 nitrogen and oxygen atoms in total. The summed E-state index contributed by atoms with van der Waals surface area (Å²) in [6.45, 7) is 1.50. The van der Waals surface area contributed by atoms with Gasteiger partial charge in [0.1, 0.15) is 0 Å². The number of carbonyl (C=O) groups is 4. The van der Waals surface area contributed by atoms with E-state index in [2.05, 4.69) is 26.6 Å². The predicted octanol–water partition coefficient (Wildman–Crippen LogP) is 3.53. The van der Waals surface area contributed by atoms with Crippen LogP contribution >= 0.6 is 15.9 Å². The van der Waals surface area contributed by atoms with Crippen LogP contribution in [0.3, 0.4) is 0 Å². The van der Waals surface area contributed by atoms with Gasteiger partial charge >= 0.3 is 11.9 Å². The van der Waals surface area contributed by atoms with Gasteiger partial charge in [-0.05, 0) is 55.5 Å². The van der Waals surface area contributed by atoms with Gasteiger partial charge in [-0.15, -0.1) is 0 Å². The molecule has 0 fully saturated rings. The molecule has 0 aromatic heterocycles. The molecule has 0 atom stereocenters. The molecule has 0 saturated heterocycles. The summed E-state index contributed by atoms with van der Waals surface area (Å²) in [7, 11) is 0. The molecule has 0 spiro atoms. The lowest BCUT2D eigenvalue weighted by molar-refractivity contribution is -0.147. The summed E-state index contributed by atoms with van der Waals surface area (Å²) in [5, 5.41) is 5.21. The largest absolute Gasteiger partial charge is 0.462 e. The number of benzene rings is 2. The summed E-state index contributed by atoms with van der Waals surface area (Å²) in [4.78, 5) is 47.1. The van der Waals surface area contributed by atoms with Gasteiger partial charge in [0.05, 0.1) is 18.6 Å². The monoisotopic (exact) mass is 476 g/mol. The van der Waals surface area contributed by atoms with Crippen molar-refractivity contribution in [1.82, 2.24) is 0 Å². The van der Waals surface area contributed by atoms with Crippen LogP contribution < -0.4 is 10.6 Å². The van der Waals surface area contributed by atoms with Crippen molar-refractivity contribution in [3.8, 4) is 0 Å². The second kappa shape index (κ2) is 11.7. The van der Waals surface area contributed by atoms with Gasteiger partial charge < -0.3 is 20.1 Å². The molecule has 2 rings (SSSR count). The second-order valence-electron chi connectivity index (χ2n) is 6.06. The number of esters is 2. The lowest BCUT2D eigenvalue weighted by atomic mass is 10.2. The van der Waals surface area contributed by atoms with Crippen LogP contribution in [0.25, 0.3) is 0 Å². The van der Waals surface area contributed by atoms with E-state index in [0.717, 1.165) is 4.47 Å². The summed E-state index contributed by atoms with van der Waals surface area (Å²) in [6.07, 6.45) is -0.213.